The lowest BCUT2D eigenvalue weighted by molar-refractivity contribution is -0.387. The summed E-state index contributed by atoms with van der Waals surface area (Å²) in [6, 6.07) is 8.13. The Hall–Kier alpha value is -2.94. The molecule has 1 amide bonds. The minimum absolute atomic E-state index is 0.0412. The summed E-state index contributed by atoms with van der Waals surface area (Å²) >= 11 is 1.18. The number of carbonyl (C=O) groups is 2. The van der Waals surface area contributed by atoms with Crippen LogP contribution in [0.3, 0.4) is 0 Å². The number of thioether (sulfide) groups is 1. The van der Waals surface area contributed by atoms with E-state index in [4.69, 9.17) is 4.74 Å². The van der Waals surface area contributed by atoms with E-state index in [9.17, 15) is 24.1 Å². The van der Waals surface area contributed by atoms with Crippen LogP contribution in [0.1, 0.15) is 22.8 Å². The average Bonchev–Trinajstić information content (AvgIpc) is 2.63. The lowest BCUT2D eigenvalue weighted by Crippen LogP contribution is -2.30. The highest BCUT2D eigenvalue weighted by Crippen LogP contribution is 2.28. The van der Waals surface area contributed by atoms with Gasteiger partial charge in [0.05, 0.1) is 15.4 Å². The quantitative estimate of drug-likeness (QED) is 0.346. The molecule has 142 valence electrons. The number of hydrogen-bond donors (Lipinski definition) is 1. The highest BCUT2D eigenvalue weighted by atomic mass is 32.2. The number of carbonyl (C=O) groups excluding carboxylic acids is 2. The van der Waals surface area contributed by atoms with E-state index in [1.165, 1.54) is 43.0 Å². The number of rotatable bonds is 6. The van der Waals surface area contributed by atoms with E-state index in [-0.39, 0.29) is 16.9 Å². The van der Waals surface area contributed by atoms with Gasteiger partial charge in [-0.05, 0) is 49.9 Å². The summed E-state index contributed by atoms with van der Waals surface area (Å²) in [5.41, 5.74) is 0.401. The molecule has 0 bridgehead atoms. The molecule has 0 fully saturated rings. The van der Waals surface area contributed by atoms with Crippen LogP contribution in [0.25, 0.3) is 0 Å². The predicted molar refractivity (Wildman–Crippen MR) is 99.5 cm³/mol. The third kappa shape index (κ3) is 5.04. The zero-order valence-corrected chi connectivity index (χ0v) is 15.6. The smallest absolute Gasteiger partial charge is 0.339 e. The van der Waals surface area contributed by atoms with Crippen molar-refractivity contribution in [1.82, 2.24) is 0 Å². The molecule has 1 atom stereocenters. The van der Waals surface area contributed by atoms with Crippen LogP contribution in [0.5, 0.6) is 0 Å². The molecule has 27 heavy (non-hydrogen) atoms. The molecule has 0 unspecified atom stereocenters. The summed E-state index contributed by atoms with van der Waals surface area (Å²) < 4.78 is 18.6. The first-order chi connectivity index (χ1) is 12.7. The van der Waals surface area contributed by atoms with Crippen molar-refractivity contribution in [1.29, 1.82) is 0 Å². The van der Waals surface area contributed by atoms with Crippen LogP contribution < -0.4 is 5.32 Å². The van der Waals surface area contributed by atoms with Gasteiger partial charge in [0, 0.05) is 11.8 Å². The normalized spacial score (nSPS) is 11.6. The van der Waals surface area contributed by atoms with Gasteiger partial charge in [0.2, 0.25) is 0 Å². The third-order valence-electron chi connectivity index (χ3n) is 3.70. The van der Waals surface area contributed by atoms with Gasteiger partial charge in [-0.15, -0.1) is 11.8 Å². The number of benzene rings is 2. The maximum absolute atomic E-state index is 13.5. The fourth-order valence-corrected chi connectivity index (χ4v) is 2.70. The van der Waals surface area contributed by atoms with Crippen LogP contribution in [0.2, 0.25) is 0 Å². The molecule has 0 aromatic heterocycles. The molecule has 7 nitrogen and oxygen atoms in total. The highest BCUT2D eigenvalue weighted by molar-refractivity contribution is 7.98. The van der Waals surface area contributed by atoms with Crippen molar-refractivity contribution < 1.29 is 23.6 Å². The van der Waals surface area contributed by atoms with Crippen molar-refractivity contribution in [2.45, 2.75) is 24.8 Å². The molecule has 1 N–H and O–H groups in total. The van der Waals surface area contributed by atoms with Gasteiger partial charge in [0.25, 0.3) is 11.6 Å². The number of nitrogens with zero attached hydrogens (tertiary/aromatic N) is 1. The predicted octanol–water partition coefficient (Wildman–Crippen LogP) is 3.95. The number of nitro groups is 1. The van der Waals surface area contributed by atoms with E-state index >= 15 is 0 Å². The standard InChI is InChI=1S/C18H17FN2O5S/c1-10-4-6-13(9-14(10)19)20-17(22)11(2)26-18(23)12-5-7-16(27-3)15(8-12)21(24)25/h4-9,11H,1-3H3,(H,20,22)/t11-/m1/s1. The second kappa shape index (κ2) is 8.63. The van der Waals surface area contributed by atoms with Gasteiger partial charge in [-0.3, -0.25) is 14.9 Å². The number of aryl methyl sites for hydroxylation is 1. The van der Waals surface area contributed by atoms with Crippen molar-refractivity contribution in [2.75, 3.05) is 11.6 Å². The van der Waals surface area contributed by atoms with E-state index in [1.54, 1.807) is 13.2 Å². The molecule has 0 aliphatic carbocycles. The van der Waals surface area contributed by atoms with Gasteiger partial charge in [0.15, 0.2) is 6.10 Å². The second-order valence-electron chi connectivity index (χ2n) is 5.64. The van der Waals surface area contributed by atoms with Crippen LogP contribution in [0, 0.1) is 22.9 Å². The summed E-state index contributed by atoms with van der Waals surface area (Å²) in [4.78, 5) is 35.2. The molecule has 0 aliphatic heterocycles. The van der Waals surface area contributed by atoms with Gasteiger partial charge in [-0.2, -0.15) is 0 Å². The Labute approximate surface area is 159 Å². The maximum Gasteiger partial charge on any atom is 0.339 e. The van der Waals surface area contributed by atoms with Gasteiger partial charge in [-0.25, -0.2) is 9.18 Å². The number of hydrogen-bond acceptors (Lipinski definition) is 6. The molecule has 0 spiro atoms. The minimum Gasteiger partial charge on any atom is -0.449 e. The monoisotopic (exact) mass is 392 g/mol. The number of halogens is 1. The fraction of sp³-hybridized carbons (Fsp3) is 0.222. The van der Waals surface area contributed by atoms with Crippen molar-refractivity contribution >= 4 is 35.0 Å². The lowest BCUT2D eigenvalue weighted by atomic mass is 10.2. The first-order valence-electron chi connectivity index (χ1n) is 7.83. The summed E-state index contributed by atoms with van der Waals surface area (Å²) in [7, 11) is 0. The van der Waals surface area contributed by atoms with Gasteiger partial charge in [0.1, 0.15) is 5.82 Å². The van der Waals surface area contributed by atoms with Gasteiger partial charge >= 0.3 is 5.97 Å². The zero-order valence-electron chi connectivity index (χ0n) is 14.8. The molecule has 0 saturated carbocycles. The van der Waals surface area contributed by atoms with Crippen LogP contribution in [0.15, 0.2) is 41.3 Å². The molecule has 9 heteroatoms. The summed E-state index contributed by atoms with van der Waals surface area (Å²) in [6.07, 6.45) is 0.502. The van der Waals surface area contributed by atoms with Crippen LogP contribution in [-0.4, -0.2) is 29.2 Å². The Morgan fingerprint density at radius 3 is 2.56 bits per heavy atom. The molecule has 0 radical (unpaired) electrons. The lowest BCUT2D eigenvalue weighted by Gasteiger charge is -2.14. The van der Waals surface area contributed by atoms with Crippen molar-refractivity contribution in [3.05, 3.63) is 63.5 Å². The zero-order chi connectivity index (χ0) is 20.1. The molecule has 2 aromatic rings. The Balaban J connectivity index is 2.08. The first-order valence-corrected chi connectivity index (χ1v) is 9.06. The van der Waals surface area contributed by atoms with Crippen molar-refractivity contribution in [2.24, 2.45) is 0 Å². The maximum atomic E-state index is 13.5. The van der Waals surface area contributed by atoms with Crippen LogP contribution >= 0.6 is 11.8 Å². The van der Waals surface area contributed by atoms with Crippen LogP contribution in [0.4, 0.5) is 15.8 Å². The second-order valence-corrected chi connectivity index (χ2v) is 6.49. The van der Waals surface area contributed by atoms with Crippen LogP contribution in [-0.2, 0) is 9.53 Å². The Morgan fingerprint density at radius 2 is 1.96 bits per heavy atom. The molecule has 0 aliphatic rings. The van der Waals surface area contributed by atoms with E-state index in [2.05, 4.69) is 5.32 Å². The molecule has 0 heterocycles. The van der Waals surface area contributed by atoms with E-state index < -0.39 is 28.7 Å². The number of amides is 1. The van der Waals surface area contributed by atoms with Crippen molar-refractivity contribution in [3.8, 4) is 0 Å². The number of ether oxygens (including phenoxy) is 1. The largest absolute Gasteiger partial charge is 0.449 e. The fourth-order valence-electron chi connectivity index (χ4n) is 2.16. The molecular formula is C18H17FN2O5S. The van der Waals surface area contributed by atoms with E-state index in [0.717, 1.165) is 12.1 Å². The number of esters is 1. The number of anilines is 1. The Kier molecular flexibility index (Phi) is 6.51. The molecular weight excluding hydrogens is 375 g/mol. The van der Waals surface area contributed by atoms with E-state index in [1.807, 2.05) is 0 Å². The summed E-state index contributed by atoms with van der Waals surface area (Å²) in [6.45, 7) is 2.94. The Morgan fingerprint density at radius 1 is 1.26 bits per heavy atom. The average molecular weight is 392 g/mol. The molecule has 2 rings (SSSR count). The first kappa shape index (κ1) is 20.4. The van der Waals surface area contributed by atoms with Gasteiger partial charge in [-0.1, -0.05) is 6.07 Å². The summed E-state index contributed by atoms with van der Waals surface area (Å²) in [5, 5.41) is 13.5. The summed E-state index contributed by atoms with van der Waals surface area (Å²) in [5.74, 6) is -2.00. The Bertz CT molecular complexity index is 903. The minimum atomic E-state index is -1.18. The third-order valence-corrected chi connectivity index (χ3v) is 4.49. The van der Waals surface area contributed by atoms with E-state index in [0.29, 0.717) is 10.5 Å². The molecule has 0 saturated heterocycles. The topological polar surface area (TPSA) is 98.5 Å². The number of nitro benzene ring substituents is 1. The van der Waals surface area contributed by atoms with Crippen molar-refractivity contribution in [3.63, 3.8) is 0 Å². The number of nitrogens with one attached hydrogen (secondary N) is 1. The highest BCUT2D eigenvalue weighted by Gasteiger charge is 2.22. The SMILES string of the molecule is CSc1ccc(C(=O)O[C@H](C)C(=O)Nc2ccc(C)c(F)c2)cc1[N+](=O)[O-]. The molecule has 2 aromatic carbocycles. The van der Waals surface area contributed by atoms with Gasteiger partial charge < -0.3 is 10.1 Å².